The van der Waals surface area contributed by atoms with E-state index in [-0.39, 0.29) is 0 Å². The molecule has 0 saturated heterocycles. The molecule has 0 atom stereocenters. The number of fused-ring (bicyclic) bond motifs is 1. The molecule has 0 saturated carbocycles. The Morgan fingerprint density at radius 1 is 1.25 bits per heavy atom. The highest BCUT2D eigenvalue weighted by Crippen LogP contribution is 2.28. The molecular formula is C14H16N2. The Bertz CT molecular complexity index is 583. The van der Waals surface area contributed by atoms with Crippen LogP contribution < -0.4 is 0 Å². The van der Waals surface area contributed by atoms with Crippen LogP contribution in [-0.4, -0.2) is 4.98 Å². The molecule has 0 bridgehead atoms. The van der Waals surface area contributed by atoms with E-state index in [0.29, 0.717) is 0 Å². The summed E-state index contributed by atoms with van der Waals surface area (Å²) in [6.45, 7) is 8.08. The summed E-state index contributed by atoms with van der Waals surface area (Å²) in [6.07, 6.45) is 0. The van der Waals surface area contributed by atoms with E-state index >= 15 is 0 Å². The molecular weight excluding hydrogens is 196 g/mol. The van der Waals surface area contributed by atoms with Crippen LogP contribution in [-0.2, 0) is 5.41 Å². The number of nitriles is 1. The molecule has 0 unspecified atom stereocenters. The zero-order valence-electron chi connectivity index (χ0n) is 10.2. The minimum absolute atomic E-state index is 0.425. The molecule has 0 amide bonds. The van der Waals surface area contributed by atoms with Gasteiger partial charge in [-0.1, -0.05) is 6.07 Å². The summed E-state index contributed by atoms with van der Waals surface area (Å²) in [5.41, 5.74) is 4.26. The largest absolute Gasteiger partial charge is 0.358 e. The van der Waals surface area contributed by atoms with Crippen molar-refractivity contribution in [2.24, 2.45) is 0 Å². The molecule has 2 rings (SSSR count). The normalized spacial score (nSPS) is 11.7. The Kier molecular flexibility index (Phi) is 2.27. The van der Waals surface area contributed by atoms with Gasteiger partial charge < -0.3 is 4.98 Å². The summed E-state index contributed by atoms with van der Waals surface area (Å²) >= 11 is 0. The Morgan fingerprint density at radius 3 is 2.56 bits per heavy atom. The number of H-pyrrole nitrogens is 1. The van der Waals surface area contributed by atoms with Gasteiger partial charge in [0.25, 0.3) is 0 Å². The van der Waals surface area contributed by atoms with Gasteiger partial charge in [-0.3, -0.25) is 0 Å². The third-order valence-electron chi connectivity index (χ3n) is 3.31. The number of hydrogen-bond donors (Lipinski definition) is 1. The smallest absolute Gasteiger partial charge is 0.0766 e. The highest BCUT2D eigenvalue weighted by atomic mass is 14.7. The summed E-state index contributed by atoms with van der Waals surface area (Å²) in [7, 11) is 0. The first-order chi connectivity index (χ1) is 7.45. The lowest BCUT2D eigenvalue weighted by Gasteiger charge is -2.15. The number of nitrogens with one attached hydrogen (secondary N) is 1. The second-order valence-corrected chi connectivity index (χ2v) is 4.87. The fourth-order valence-corrected chi connectivity index (χ4v) is 1.91. The Morgan fingerprint density at radius 2 is 1.94 bits per heavy atom. The molecule has 0 aliphatic carbocycles. The summed E-state index contributed by atoms with van der Waals surface area (Å²) in [5, 5.41) is 10.4. The van der Waals surface area contributed by atoms with Gasteiger partial charge in [0, 0.05) is 16.6 Å². The van der Waals surface area contributed by atoms with Gasteiger partial charge in [0.15, 0.2) is 0 Å². The van der Waals surface area contributed by atoms with Gasteiger partial charge in [-0.2, -0.15) is 5.26 Å². The van der Waals surface area contributed by atoms with Crippen LogP contribution in [0, 0.1) is 25.2 Å². The van der Waals surface area contributed by atoms with Gasteiger partial charge >= 0.3 is 0 Å². The standard InChI is InChI=1S/C14H16N2/c1-9-10(2)16-13-6-5-11(7-12(9)13)14(3,4)8-15/h5-7,16H,1-4H3. The zero-order valence-corrected chi connectivity index (χ0v) is 10.2. The lowest BCUT2D eigenvalue weighted by Crippen LogP contribution is -2.13. The fourth-order valence-electron chi connectivity index (χ4n) is 1.91. The lowest BCUT2D eigenvalue weighted by atomic mass is 9.85. The van der Waals surface area contributed by atoms with E-state index in [0.717, 1.165) is 11.1 Å². The van der Waals surface area contributed by atoms with Crippen molar-refractivity contribution < 1.29 is 0 Å². The van der Waals surface area contributed by atoms with Crippen LogP contribution in [0.5, 0.6) is 0 Å². The van der Waals surface area contributed by atoms with Crippen molar-refractivity contribution in [2.75, 3.05) is 0 Å². The van der Waals surface area contributed by atoms with E-state index in [2.05, 4.69) is 37.0 Å². The molecule has 1 aromatic carbocycles. The molecule has 16 heavy (non-hydrogen) atoms. The second-order valence-electron chi connectivity index (χ2n) is 4.87. The number of aryl methyl sites for hydroxylation is 2. The predicted octanol–water partition coefficient (Wildman–Crippen LogP) is 3.59. The number of aromatic nitrogens is 1. The van der Waals surface area contributed by atoms with Crippen LogP contribution in [0.3, 0.4) is 0 Å². The molecule has 0 aliphatic heterocycles. The van der Waals surface area contributed by atoms with Gasteiger partial charge in [-0.15, -0.1) is 0 Å². The van der Waals surface area contributed by atoms with Crippen molar-refractivity contribution in [3.63, 3.8) is 0 Å². The molecule has 1 heterocycles. The van der Waals surface area contributed by atoms with Gasteiger partial charge in [-0.05, 0) is 51.0 Å². The van der Waals surface area contributed by atoms with Crippen LogP contribution in [0.25, 0.3) is 10.9 Å². The number of nitrogens with zero attached hydrogens (tertiary/aromatic N) is 1. The summed E-state index contributed by atoms with van der Waals surface area (Å²) in [6, 6.07) is 8.55. The first kappa shape index (κ1) is 10.8. The molecule has 0 aliphatic rings. The highest BCUT2D eigenvalue weighted by Gasteiger charge is 2.20. The maximum absolute atomic E-state index is 9.14. The van der Waals surface area contributed by atoms with Crippen molar-refractivity contribution in [2.45, 2.75) is 33.1 Å². The molecule has 2 heteroatoms. The third kappa shape index (κ3) is 1.49. The van der Waals surface area contributed by atoms with Crippen LogP contribution in [0.15, 0.2) is 18.2 Å². The van der Waals surface area contributed by atoms with Crippen LogP contribution >= 0.6 is 0 Å². The van der Waals surface area contributed by atoms with Crippen LogP contribution in [0.4, 0.5) is 0 Å². The average Bonchev–Trinajstić information content (AvgIpc) is 2.55. The van der Waals surface area contributed by atoms with E-state index in [1.165, 1.54) is 16.6 Å². The van der Waals surface area contributed by atoms with Crippen LogP contribution in [0.2, 0.25) is 0 Å². The highest BCUT2D eigenvalue weighted by molar-refractivity contribution is 5.85. The quantitative estimate of drug-likeness (QED) is 0.771. The fraction of sp³-hybridized carbons (Fsp3) is 0.357. The van der Waals surface area contributed by atoms with E-state index in [9.17, 15) is 0 Å². The molecule has 0 fully saturated rings. The molecule has 0 radical (unpaired) electrons. The lowest BCUT2D eigenvalue weighted by molar-refractivity contribution is 0.688. The van der Waals surface area contributed by atoms with E-state index < -0.39 is 5.41 Å². The number of aromatic amines is 1. The van der Waals surface area contributed by atoms with Crippen molar-refractivity contribution in [3.05, 3.63) is 35.0 Å². The van der Waals surface area contributed by atoms with Gasteiger partial charge in [-0.25, -0.2) is 0 Å². The first-order valence-corrected chi connectivity index (χ1v) is 5.46. The van der Waals surface area contributed by atoms with Crippen molar-refractivity contribution in [1.82, 2.24) is 4.98 Å². The van der Waals surface area contributed by atoms with Crippen molar-refractivity contribution in [1.29, 1.82) is 5.26 Å². The molecule has 82 valence electrons. The minimum Gasteiger partial charge on any atom is -0.358 e. The monoisotopic (exact) mass is 212 g/mol. The summed E-state index contributed by atoms with van der Waals surface area (Å²) in [4.78, 5) is 3.34. The third-order valence-corrected chi connectivity index (χ3v) is 3.31. The topological polar surface area (TPSA) is 39.6 Å². The maximum Gasteiger partial charge on any atom is 0.0766 e. The molecule has 1 aromatic heterocycles. The average molecular weight is 212 g/mol. The molecule has 1 N–H and O–H groups in total. The van der Waals surface area contributed by atoms with E-state index in [1.807, 2.05) is 19.9 Å². The number of rotatable bonds is 1. The van der Waals surface area contributed by atoms with Gasteiger partial charge in [0.2, 0.25) is 0 Å². The molecule has 2 aromatic rings. The first-order valence-electron chi connectivity index (χ1n) is 5.46. The van der Waals surface area contributed by atoms with Crippen molar-refractivity contribution >= 4 is 10.9 Å². The SMILES string of the molecule is Cc1[nH]c2ccc(C(C)(C)C#N)cc2c1C. The second kappa shape index (κ2) is 3.38. The predicted molar refractivity (Wildman–Crippen MR) is 66.4 cm³/mol. The number of hydrogen-bond acceptors (Lipinski definition) is 1. The van der Waals surface area contributed by atoms with Gasteiger partial charge in [0.1, 0.15) is 0 Å². The Balaban J connectivity index is 2.70. The summed E-state index contributed by atoms with van der Waals surface area (Å²) < 4.78 is 0. The number of benzene rings is 1. The minimum atomic E-state index is -0.425. The maximum atomic E-state index is 9.14. The molecule has 0 spiro atoms. The van der Waals surface area contributed by atoms with E-state index in [1.54, 1.807) is 0 Å². The zero-order chi connectivity index (χ0) is 11.9. The molecule has 2 nitrogen and oxygen atoms in total. The van der Waals surface area contributed by atoms with Crippen LogP contribution in [0.1, 0.15) is 30.7 Å². The van der Waals surface area contributed by atoms with Gasteiger partial charge in [0.05, 0.1) is 11.5 Å². The summed E-state index contributed by atoms with van der Waals surface area (Å²) in [5.74, 6) is 0. The Hall–Kier alpha value is -1.75. The van der Waals surface area contributed by atoms with Crippen molar-refractivity contribution in [3.8, 4) is 6.07 Å². The Labute approximate surface area is 95.9 Å². The van der Waals surface area contributed by atoms with E-state index in [4.69, 9.17) is 5.26 Å².